The van der Waals surface area contributed by atoms with Gasteiger partial charge < -0.3 is 5.73 Å². The molecule has 0 saturated carbocycles. The van der Waals surface area contributed by atoms with Crippen molar-refractivity contribution in [3.8, 4) is 0 Å². The minimum atomic E-state index is -0.0689. The van der Waals surface area contributed by atoms with Gasteiger partial charge in [-0.15, -0.1) is 0 Å². The number of carbonyl (C=O) groups excluding carboxylic acids is 1. The van der Waals surface area contributed by atoms with Gasteiger partial charge >= 0.3 is 0 Å². The lowest BCUT2D eigenvalue weighted by Crippen LogP contribution is -2.04. The highest BCUT2D eigenvalue weighted by molar-refractivity contribution is 9.11. The largest absolute Gasteiger partial charge is 0.399 e. The Kier molecular flexibility index (Phi) is 4.48. The molecule has 0 aliphatic heterocycles. The lowest BCUT2D eigenvalue weighted by Gasteiger charge is -2.08. The van der Waals surface area contributed by atoms with E-state index >= 15 is 0 Å². The number of aryl methyl sites for hydroxylation is 1. The molecule has 0 radical (unpaired) electrons. The predicted octanol–water partition coefficient (Wildman–Crippen LogP) is 5.10. The van der Waals surface area contributed by atoms with Crippen molar-refractivity contribution in [3.63, 3.8) is 0 Å². The second-order valence-electron chi connectivity index (χ2n) is 4.18. The smallest absolute Gasteiger partial charge is 0.194 e. The van der Waals surface area contributed by atoms with Gasteiger partial charge in [-0.2, -0.15) is 0 Å². The molecule has 19 heavy (non-hydrogen) atoms. The monoisotopic (exact) mass is 445 g/mol. The van der Waals surface area contributed by atoms with E-state index in [1.54, 1.807) is 18.2 Å². The van der Waals surface area contributed by atoms with Crippen LogP contribution in [0.25, 0.3) is 0 Å². The second kappa shape index (κ2) is 5.77. The average molecular weight is 448 g/mol. The summed E-state index contributed by atoms with van der Waals surface area (Å²) >= 11 is 10.2. The van der Waals surface area contributed by atoms with Crippen molar-refractivity contribution in [1.82, 2.24) is 0 Å². The van der Waals surface area contributed by atoms with Crippen molar-refractivity contribution < 1.29 is 4.79 Å². The van der Waals surface area contributed by atoms with Crippen LogP contribution in [0, 0.1) is 6.92 Å². The number of rotatable bonds is 2. The molecule has 2 N–H and O–H groups in total. The Morgan fingerprint density at radius 2 is 1.68 bits per heavy atom. The Labute approximate surface area is 136 Å². The zero-order valence-corrected chi connectivity index (χ0v) is 14.8. The first-order valence-electron chi connectivity index (χ1n) is 5.45. The fourth-order valence-corrected chi connectivity index (χ4v) is 3.21. The molecule has 5 heteroatoms. The molecule has 0 aliphatic carbocycles. The van der Waals surface area contributed by atoms with Crippen molar-refractivity contribution in [1.29, 1.82) is 0 Å². The molecule has 2 rings (SSSR count). The van der Waals surface area contributed by atoms with Gasteiger partial charge in [0.1, 0.15) is 0 Å². The van der Waals surface area contributed by atoms with Crippen molar-refractivity contribution >= 4 is 59.3 Å². The lowest BCUT2D eigenvalue weighted by atomic mass is 10.0. The van der Waals surface area contributed by atoms with Gasteiger partial charge in [0.25, 0.3) is 0 Å². The maximum absolute atomic E-state index is 12.5. The molecule has 0 saturated heterocycles. The van der Waals surface area contributed by atoms with E-state index in [-0.39, 0.29) is 5.78 Å². The van der Waals surface area contributed by atoms with E-state index in [4.69, 9.17) is 5.73 Å². The number of nitrogen functional groups attached to an aromatic ring is 1. The first kappa shape index (κ1) is 14.8. The second-order valence-corrected chi connectivity index (χ2v) is 6.81. The molecule has 2 aromatic carbocycles. The highest BCUT2D eigenvalue weighted by atomic mass is 79.9. The molecular weight excluding hydrogens is 438 g/mol. The van der Waals surface area contributed by atoms with Crippen LogP contribution in [0.4, 0.5) is 5.69 Å². The van der Waals surface area contributed by atoms with E-state index in [1.807, 2.05) is 19.1 Å². The third kappa shape index (κ3) is 3.27. The highest BCUT2D eigenvalue weighted by Gasteiger charge is 2.15. The number of hydrogen-bond acceptors (Lipinski definition) is 2. The molecule has 0 heterocycles. The van der Waals surface area contributed by atoms with E-state index in [2.05, 4.69) is 47.8 Å². The summed E-state index contributed by atoms with van der Waals surface area (Å²) in [4.78, 5) is 12.5. The van der Waals surface area contributed by atoms with Crippen LogP contribution in [-0.2, 0) is 0 Å². The van der Waals surface area contributed by atoms with Crippen LogP contribution in [-0.4, -0.2) is 5.78 Å². The number of ketones is 1. The number of anilines is 1. The molecular formula is C14H10Br3NO. The van der Waals surface area contributed by atoms with Gasteiger partial charge in [0.05, 0.1) is 0 Å². The first-order valence-corrected chi connectivity index (χ1v) is 7.83. The summed E-state index contributed by atoms with van der Waals surface area (Å²) in [6.45, 7) is 1.97. The molecule has 0 amide bonds. The number of hydrogen-bond donors (Lipinski definition) is 1. The number of halogens is 3. The van der Waals surface area contributed by atoms with Gasteiger partial charge in [-0.3, -0.25) is 4.79 Å². The van der Waals surface area contributed by atoms with Crippen molar-refractivity contribution in [3.05, 3.63) is 60.4 Å². The molecule has 0 fully saturated rings. The Hall–Kier alpha value is -0.650. The SMILES string of the molecule is Cc1cc(Br)c(C(=O)c2cc(N)cc(Br)c2)cc1Br. The summed E-state index contributed by atoms with van der Waals surface area (Å²) < 4.78 is 2.47. The fourth-order valence-electron chi connectivity index (χ4n) is 1.72. The normalized spacial score (nSPS) is 10.5. The van der Waals surface area contributed by atoms with Crippen LogP contribution in [0.3, 0.4) is 0 Å². The summed E-state index contributed by atoms with van der Waals surface area (Å²) in [6, 6.07) is 8.93. The van der Waals surface area contributed by atoms with Gasteiger partial charge in [-0.25, -0.2) is 0 Å². The van der Waals surface area contributed by atoms with Crippen molar-refractivity contribution in [2.24, 2.45) is 0 Å². The van der Waals surface area contributed by atoms with E-state index in [9.17, 15) is 4.79 Å². The third-order valence-electron chi connectivity index (χ3n) is 2.68. The van der Waals surface area contributed by atoms with Crippen LogP contribution in [0.2, 0.25) is 0 Å². The number of benzene rings is 2. The summed E-state index contributed by atoms with van der Waals surface area (Å²) in [5.74, 6) is -0.0689. The minimum Gasteiger partial charge on any atom is -0.399 e. The predicted molar refractivity (Wildman–Crippen MR) is 88.6 cm³/mol. The molecule has 2 nitrogen and oxygen atoms in total. The molecule has 0 spiro atoms. The molecule has 0 aromatic heterocycles. The molecule has 0 aliphatic rings. The maximum Gasteiger partial charge on any atom is 0.194 e. The molecule has 98 valence electrons. The van der Waals surface area contributed by atoms with E-state index in [0.717, 1.165) is 19.0 Å². The minimum absolute atomic E-state index is 0.0689. The van der Waals surface area contributed by atoms with E-state index in [1.165, 1.54) is 0 Å². The summed E-state index contributed by atoms with van der Waals surface area (Å²) in [5, 5.41) is 0. The van der Waals surface area contributed by atoms with Crippen molar-refractivity contribution in [2.45, 2.75) is 6.92 Å². The maximum atomic E-state index is 12.5. The van der Waals surface area contributed by atoms with Gasteiger partial charge in [0.15, 0.2) is 5.78 Å². The Bertz CT molecular complexity index is 648. The molecule has 0 unspecified atom stereocenters. The molecule has 2 aromatic rings. The van der Waals surface area contributed by atoms with Gasteiger partial charge in [0.2, 0.25) is 0 Å². The highest BCUT2D eigenvalue weighted by Crippen LogP contribution is 2.28. The van der Waals surface area contributed by atoms with Gasteiger partial charge in [-0.1, -0.05) is 47.8 Å². The fraction of sp³-hybridized carbons (Fsp3) is 0.0714. The lowest BCUT2D eigenvalue weighted by molar-refractivity contribution is 0.103. The summed E-state index contributed by atoms with van der Waals surface area (Å²) in [6.07, 6.45) is 0. The van der Waals surface area contributed by atoms with Crippen LogP contribution < -0.4 is 5.73 Å². The Morgan fingerprint density at radius 1 is 1.00 bits per heavy atom. The number of nitrogens with two attached hydrogens (primary N) is 1. The third-order valence-corrected chi connectivity index (χ3v) is 4.64. The average Bonchev–Trinajstić information content (AvgIpc) is 2.31. The van der Waals surface area contributed by atoms with Gasteiger partial charge in [0, 0.05) is 30.2 Å². The summed E-state index contributed by atoms with van der Waals surface area (Å²) in [5.41, 5.74) is 8.55. The molecule has 0 atom stereocenters. The van der Waals surface area contributed by atoms with E-state index in [0.29, 0.717) is 16.8 Å². The Balaban J connectivity index is 2.53. The quantitative estimate of drug-likeness (QED) is 0.514. The van der Waals surface area contributed by atoms with Gasteiger partial charge in [-0.05, 0) is 42.8 Å². The van der Waals surface area contributed by atoms with Crippen LogP contribution in [0.1, 0.15) is 21.5 Å². The van der Waals surface area contributed by atoms with Crippen molar-refractivity contribution in [2.75, 3.05) is 5.73 Å². The zero-order chi connectivity index (χ0) is 14.2. The summed E-state index contributed by atoms with van der Waals surface area (Å²) in [7, 11) is 0. The van der Waals surface area contributed by atoms with Crippen LogP contribution >= 0.6 is 47.8 Å². The number of carbonyl (C=O) groups is 1. The molecule has 0 bridgehead atoms. The van der Waals surface area contributed by atoms with E-state index < -0.39 is 0 Å². The first-order chi connectivity index (χ1) is 8.88. The zero-order valence-electron chi connectivity index (χ0n) is 10.0. The standard InChI is InChI=1S/C14H10Br3NO/c1-7-2-13(17)11(6-12(7)16)14(19)8-3-9(15)5-10(18)4-8/h2-6H,18H2,1H3. The topological polar surface area (TPSA) is 43.1 Å². The van der Waals surface area contributed by atoms with Crippen LogP contribution in [0.15, 0.2) is 43.7 Å². The Morgan fingerprint density at radius 3 is 2.32 bits per heavy atom. The van der Waals surface area contributed by atoms with Crippen LogP contribution in [0.5, 0.6) is 0 Å².